The molecule has 3 aromatic rings. The standard InChI is InChI=1S/C19H18ClNO4S/c1-3-16(18(22)23-4-2)24-13-6-8-14(9-7-13)25-19-21-15-10-5-12(20)11-17(15)26-19/h5-11,16H,3-4H2,1-2H3/t16-/m0/s1. The van der Waals surface area contributed by atoms with E-state index in [0.29, 0.717) is 34.7 Å². The Morgan fingerprint density at radius 2 is 1.88 bits per heavy atom. The molecule has 7 heteroatoms. The van der Waals surface area contributed by atoms with Crippen molar-refractivity contribution >= 4 is 39.1 Å². The highest BCUT2D eigenvalue weighted by molar-refractivity contribution is 7.20. The number of fused-ring (bicyclic) bond motifs is 1. The Hall–Kier alpha value is -2.31. The normalized spacial score (nSPS) is 12.0. The molecule has 26 heavy (non-hydrogen) atoms. The van der Waals surface area contributed by atoms with Crippen molar-refractivity contribution in [2.24, 2.45) is 0 Å². The van der Waals surface area contributed by atoms with Crippen molar-refractivity contribution < 1.29 is 19.0 Å². The van der Waals surface area contributed by atoms with Crippen molar-refractivity contribution in [3.8, 4) is 16.7 Å². The molecule has 0 N–H and O–H groups in total. The summed E-state index contributed by atoms with van der Waals surface area (Å²) in [5, 5.41) is 1.20. The van der Waals surface area contributed by atoms with E-state index in [4.69, 9.17) is 25.8 Å². The van der Waals surface area contributed by atoms with Crippen LogP contribution in [0.1, 0.15) is 20.3 Å². The van der Waals surface area contributed by atoms with Crippen LogP contribution in [0.25, 0.3) is 10.2 Å². The zero-order valence-electron chi connectivity index (χ0n) is 14.4. The number of halogens is 1. The van der Waals surface area contributed by atoms with Gasteiger partial charge in [0.1, 0.15) is 11.5 Å². The van der Waals surface area contributed by atoms with Gasteiger partial charge in [0.05, 0.1) is 16.8 Å². The van der Waals surface area contributed by atoms with Crippen LogP contribution in [0.15, 0.2) is 42.5 Å². The lowest BCUT2D eigenvalue weighted by atomic mass is 10.2. The first-order chi connectivity index (χ1) is 12.6. The van der Waals surface area contributed by atoms with E-state index in [2.05, 4.69) is 4.98 Å². The zero-order valence-corrected chi connectivity index (χ0v) is 16.0. The monoisotopic (exact) mass is 391 g/mol. The molecule has 0 bridgehead atoms. The number of thiazole rings is 1. The van der Waals surface area contributed by atoms with Crippen molar-refractivity contribution in [3.63, 3.8) is 0 Å². The average Bonchev–Trinajstić information content (AvgIpc) is 3.02. The second-order valence-electron chi connectivity index (χ2n) is 5.43. The number of hydrogen-bond donors (Lipinski definition) is 0. The van der Waals surface area contributed by atoms with Gasteiger partial charge in [-0.3, -0.25) is 0 Å². The summed E-state index contributed by atoms with van der Waals surface area (Å²) in [5.41, 5.74) is 0.842. The molecule has 0 radical (unpaired) electrons. The molecule has 0 fully saturated rings. The van der Waals surface area contributed by atoms with E-state index in [1.54, 1.807) is 37.3 Å². The first-order valence-corrected chi connectivity index (χ1v) is 9.45. The van der Waals surface area contributed by atoms with E-state index in [0.717, 1.165) is 10.2 Å². The topological polar surface area (TPSA) is 57.7 Å². The van der Waals surface area contributed by atoms with Gasteiger partial charge < -0.3 is 14.2 Å². The minimum atomic E-state index is -0.615. The molecule has 0 unspecified atom stereocenters. The summed E-state index contributed by atoms with van der Waals surface area (Å²) in [4.78, 5) is 16.2. The van der Waals surface area contributed by atoms with Gasteiger partial charge in [0.2, 0.25) is 0 Å². The molecule has 136 valence electrons. The fraction of sp³-hybridized carbons (Fsp3) is 0.263. The molecule has 1 aromatic heterocycles. The summed E-state index contributed by atoms with van der Waals surface area (Å²) in [6, 6.07) is 12.6. The molecule has 0 saturated heterocycles. The Labute approximate surface area is 160 Å². The largest absolute Gasteiger partial charge is 0.479 e. The third-order valence-corrected chi connectivity index (χ3v) is 4.69. The molecule has 0 aliphatic heterocycles. The van der Waals surface area contributed by atoms with Gasteiger partial charge in [0.15, 0.2) is 6.10 Å². The summed E-state index contributed by atoms with van der Waals surface area (Å²) < 4.78 is 17.4. The molecular weight excluding hydrogens is 374 g/mol. The minimum absolute atomic E-state index is 0.332. The van der Waals surface area contributed by atoms with Crippen molar-refractivity contribution in [1.82, 2.24) is 4.98 Å². The molecular formula is C19H18ClNO4S. The maximum absolute atomic E-state index is 11.8. The quantitative estimate of drug-likeness (QED) is 0.500. The number of carbonyl (C=O) groups excluding carboxylic acids is 1. The lowest BCUT2D eigenvalue weighted by Crippen LogP contribution is -2.28. The second kappa shape index (κ2) is 8.38. The number of carbonyl (C=O) groups is 1. The number of aromatic nitrogens is 1. The second-order valence-corrected chi connectivity index (χ2v) is 6.86. The Kier molecular flexibility index (Phi) is 5.96. The van der Waals surface area contributed by atoms with Crippen LogP contribution < -0.4 is 9.47 Å². The third kappa shape index (κ3) is 4.45. The van der Waals surface area contributed by atoms with Crippen LogP contribution in [0.3, 0.4) is 0 Å². The molecule has 0 saturated carbocycles. The summed E-state index contributed by atoms with van der Waals surface area (Å²) in [6.07, 6.45) is -0.0820. The summed E-state index contributed by atoms with van der Waals surface area (Å²) in [7, 11) is 0. The van der Waals surface area contributed by atoms with Crippen molar-refractivity contribution in [3.05, 3.63) is 47.5 Å². The Bertz CT molecular complexity index is 894. The number of hydrogen-bond acceptors (Lipinski definition) is 6. The van der Waals surface area contributed by atoms with E-state index in [-0.39, 0.29) is 5.97 Å². The first kappa shape index (κ1) is 18.5. The molecule has 1 heterocycles. The molecule has 0 aliphatic carbocycles. The van der Waals surface area contributed by atoms with Crippen LogP contribution in [-0.2, 0) is 9.53 Å². The maximum Gasteiger partial charge on any atom is 0.347 e. The predicted octanol–water partition coefficient (Wildman–Crippen LogP) is 5.46. The van der Waals surface area contributed by atoms with Crippen molar-refractivity contribution in [1.29, 1.82) is 0 Å². The number of nitrogens with zero attached hydrogens (tertiary/aromatic N) is 1. The van der Waals surface area contributed by atoms with Crippen LogP contribution in [0, 0.1) is 0 Å². The fourth-order valence-corrected chi connectivity index (χ4v) is 3.42. The molecule has 0 aliphatic rings. The van der Waals surface area contributed by atoms with Gasteiger partial charge >= 0.3 is 5.97 Å². The van der Waals surface area contributed by atoms with E-state index < -0.39 is 6.10 Å². The minimum Gasteiger partial charge on any atom is -0.479 e. The van der Waals surface area contributed by atoms with E-state index >= 15 is 0 Å². The highest BCUT2D eigenvalue weighted by Gasteiger charge is 2.19. The van der Waals surface area contributed by atoms with Crippen LogP contribution in [0.4, 0.5) is 0 Å². The van der Waals surface area contributed by atoms with Crippen LogP contribution in [-0.4, -0.2) is 23.7 Å². The van der Waals surface area contributed by atoms with Gasteiger partial charge in [0.25, 0.3) is 5.19 Å². The highest BCUT2D eigenvalue weighted by Crippen LogP contribution is 2.33. The SMILES string of the molecule is CCOC(=O)[C@H](CC)Oc1ccc(Oc2nc3ccc(Cl)cc3s2)cc1. The van der Waals surface area contributed by atoms with Gasteiger partial charge in [-0.15, -0.1) is 0 Å². The number of esters is 1. The van der Waals surface area contributed by atoms with E-state index in [1.807, 2.05) is 19.1 Å². The third-order valence-electron chi connectivity index (χ3n) is 3.56. The van der Waals surface area contributed by atoms with Crippen LogP contribution in [0.2, 0.25) is 5.02 Å². The number of ether oxygens (including phenoxy) is 3. The van der Waals surface area contributed by atoms with Crippen molar-refractivity contribution in [2.75, 3.05) is 6.61 Å². The van der Waals surface area contributed by atoms with Gasteiger partial charge in [-0.25, -0.2) is 9.78 Å². The van der Waals surface area contributed by atoms with Crippen LogP contribution in [0.5, 0.6) is 16.7 Å². The van der Waals surface area contributed by atoms with Gasteiger partial charge in [-0.2, -0.15) is 0 Å². The summed E-state index contributed by atoms with van der Waals surface area (Å²) in [5.74, 6) is 0.850. The lowest BCUT2D eigenvalue weighted by molar-refractivity contribution is -0.151. The Morgan fingerprint density at radius 1 is 1.15 bits per heavy atom. The predicted molar refractivity (Wildman–Crippen MR) is 102 cm³/mol. The van der Waals surface area contributed by atoms with Gasteiger partial charge in [0, 0.05) is 5.02 Å². The number of rotatable bonds is 7. The molecule has 5 nitrogen and oxygen atoms in total. The van der Waals surface area contributed by atoms with E-state index in [9.17, 15) is 4.79 Å². The Balaban J connectivity index is 1.67. The van der Waals surface area contributed by atoms with E-state index in [1.165, 1.54) is 11.3 Å². The highest BCUT2D eigenvalue weighted by atomic mass is 35.5. The molecule has 3 rings (SSSR count). The van der Waals surface area contributed by atoms with Crippen LogP contribution >= 0.6 is 22.9 Å². The molecule has 2 aromatic carbocycles. The smallest absolute Gasteiger partial charge is 0.347 e. The molecule has 0 amide bonds. The van der Waals surface area contributed by atoms with Gasteiger partial charge in [-0.1, -0.05) is 29.9 Å². The molecule has 1 atom stereocenters. The fourth-order valence-electron chi connectivity index (χ4n) is 2.31. The summed E-state index contributed by atoms with van der Waals surface area (Å²) in [6.45, 7) is 3.98. The maximum atomic E-state index is 11.8. The molecule has 0 spiro atoms. The zero-order chi connectivity index (χ0) is 18.5. The van der Waals surface area contributed by atoms with Crippen molar-refractivity contribution in [2.45, 2.75) is 26.4 Å². The first-order valence-electron chi connectivity index (χ1n) is 8.26. The lowest BCUT2D eigenvalue weighted by Gasteiger charge is -2.16. The number of benzene rings is 2. The summed E-state index contributed by atoms with van der Waals surface area (Å²) >= 11 is 7.42. The Morgan fingerprint density at radius 3 is 2.58 bits per heavy atom. The van der Waals surface area contributed by atoms with Gasteiger partial charge in [-0.05, 0) is 55.8 Å². The average molecular weight is 392 g/mol.